The van der Waals surface area contributed by atoms with Gasteiger partial charge in [-0.3, -0.25) is 0 Å². The summed E-state index contributed by atoms with van der Waals surface area (Å²) >= 11 is 5.66. The molecule has 0 aromatic carbocycles. The van der Waals surface area contributed by atoms with E-state index in [0.717, 1.165) is 4.16 Å². The lowest BCUT2D eigenvalue weighted by atomic mass is 10.2. The van der Waals surface area contributed by atoms with E-state index in [1.807, 2.05) is 0 Å². The Kier molecular flexibility index (Phi) is 3.28. The summed E-state index contributed by atoms with van der Waals surface area (Å²) in [7, 11) is 0. The van der Waals surface area contributed by atoms with Gasteiger partial charge in [-0.2, -0.15) is 0 Å². The van der Waals surface area contributed by atoms with E-state index in [4.69, 9.17) is 0 Å². The minimum atomic E-state index is 0.755. The number of halogens is 1. The van der Waals surface area contributed by atoms with Crippen molar-refractivity contribution in [2.75, 3.05) is 5.75 Å². The zero-order chi connectivity index (χ0) is 5.82. The molecule has 1 saturated heterocycles. The van der Waals surface area contributed by atoms with Crippen LogP contribution >= 0.6 is 27.7 Å². The van der Waals surface area contributed by atoms with Gasteiger partial charge in [0.15, 0.2) is 0 Å². The van der Waals surface area contributed by atoms with Gasteiger partial charge < -0.3 is 0 Å². The van der Waals surface area contributed by atoms with Gasteiger partial charge in [-0.1, -0.05) is 28.8 Å². The first kappa shape index (κ1) is 6.94. The van der Waals surface area contributed by atoms with Crippen LogP contribution in [-0.2, 0) is 0 Å². The predicted octanol–water partition coefficient (Wildman–Crippen LogP) is 3.01. The van der Waals surface area contributed by atoms with E-state index < -0.39 is 0 Å². The Hall–Kier alpha value is 0.830. The van der Waals surface area contributed by atoms with E-state index in [9.17, 15) is 0 Å². The van der Waals surface area contributed by atoms with Crippen LogP contribution in [0.1, 0.15) is 25.7 Å². The second-order valence-electron chi connectivity index (χ2n) is 2.13. The number of rotatable bonds is 0. The minimum absolute atomic E-state index is 0.755. The van der Waals surface area contributed by atoms with Crippen molar-refractivity contribution in [1.82, 2.24) is 0 Å². The number of alkyl halides is 1. The van der Waals surface area contributed by atoms with Gasteiger partial charge in [0.1, 0.15) is 0 Å². The van der Waals surface area contributed by atoms with E-state index in [1.54, 1.807) is 0 Å². The molecule has 0 amide bonds. The summed E-state index contributed by atoms with van der Waals surface area (Å²) < 4.78 is 0.755. The quantitative estimate of drug-likeness (QED) is 0.535. The second kappa shape index (κ2) is 3.78. The largest absolute Gasteiger partial charge is 0.147 e. The van der Waals surface area contributed by atoms with Crippen LogP contribution in [0.2, 0.25) is 0 Å². The highest BCUT2D eigenvalue weighted by Gasteiger charge is 2.06. The van der Waals surface area contributed by atoms with Crippen molar-refractivity contribution in [2.24, 2.45) is 0 Å². The molecule has 0 N–H and O–H groups in total. The Bertz CT molecular complexity index is 57.5. The van der Waals surface area contributed by atoms with Crippen molar-refractivity contribution in [3.05, 3.63) is 0 Å². The molecule has 1 fully saturated rings. The van der Waals surface area contributed by atoms with Crippen LogP contribution in [-0.4, -0.2) is 9.91 Å². The molecule has 0 aromatic rings. The number of hydrogen-bond acceptors (Lipinski definition) is 1. The summed E-state index contributed by atoms with van der Waals surface area (Å²) in [5, 5.41) is 0. The lowest BCUT2D eigenvalue weighted by Gasteiger charge is -2.00. The average Bonchev–Trinajstić information content (AvgIpc) is 1.94. The monoisotopic (exact) mass is 194 g/mol. The third-order valence-corrected chi connectivity index (χ3v) is 3.75. The third kappa shape index (κ3) is 2.40. The van der Waals surface area contributed by atoms with E-state index in [-0.39, 0.29) is 0 Å². The summed E-state index contributed by atoms with van der Waals surface area (Å²) in [5.74, 6) is 1.36. The Balaban J connectivity index is 2.17. The van der Waals surface area contributed by atoms with Crippen LogP contribution in [0.3, 0.4) is 0 Å². The lowest BCUT2D eigenvalue weighted by molar-refractivity contribution is 0.719. The molecule has 1 aliphatic rings. The number of thioether (sulfide) groups is 1. The lowest BCUT2D eigenvalue weighted by Crippen LogP contribution is -1.86. The molecular formula is C6H11BrS. The molecule has 2 heteroatoms. The van der Waals surface area contributed by atoms with Gasteiger partial charge >= 0.3 is 0 Å². The molecule has 8 heavy (non-hydrogen) atoms. The number of hydrogen-bond donors (Lipinski definition) is 0. The van der Waals surface area contributed by atoms with Gasteiger partial charge in [-0.25, -0.2) is 0 Å². The highest BCUT2D eigenvalue weighted by molar-refractivity contribution is 9.11. The summed E-state index contributed by atoms with van der Waals surface area (Å²) in [6, 6.07) is 0. The van der Waals surface area contributed by atoms with Gasteiger partial charge in [0.25, 0.3) is 0 Å². The Morgan fingerprint density at radius 3 is 3.00 bits per heavy atom. The van der Waals surface area contributed by atoms with Crippen LogP contribution in [0.4, 0.5) is 0 Å². The molecule has 0 radical (unpaired) electrons. The molecule has 0 spiro atoms. The topological polar surface area (TPSA) is 0 Å². The van der Waals surface area contributed by atoms with E-state index in [1.165, 1.54) is 31.4 Å². The highest BCUT2D eigenvalue weighted by Crippen LogP contribution is 2.27. The smallest absolute Gasteiger partial charge is 0.0600 e. The van der Waals surface area contributed by atoms with Crippen LogP contribution in [0.5, 0.6) is 0 Å². The fourth-order valence-corrected chi connectivity index (χ4v) is 2.72. The minimum Gasteiger partial charge on any atom is -0.147 e. The maximum Gasteiger partial charge on any atom is 0.0600 e. The summed E-state index contributed by atoms with van der Waals surface area (Å²) in [4.78, 5) is 0. The average molecular weight is 195 g/mol. The molecule has 0 bridgehead atoms. The van der Waals surface area contributed by atoms with Gasteiger partial charge in [-0.15, -0.1) is 11.8 Å². The molecule has 0 saturated carbocycles. The molecule has 0 aliphatic carbocycles. The standard InChI is InChI=1S/C6H11BrS/c7-6-4-2-1-3-5-8-6/h6H,1-5H2. The van der Waals surface area contributed by atoms with Gasteiger partial charge in [0.05, 0.1) is 4.16 Å². The molecule has 1 aliphatic heterocycles. The van der Waals surface area contributed by atoms with E-state index >= 15 is 0 Å². The third-order valence-electron chi connectivity index (χ3n) is 1.37. The molecule has 0 nitrogen and oxygen atoms in total. The molecule has 48 valence electrons. The maximum atomic E-state index is 3.60. The summed E-state index contributed by atoms with van der Waals surface area (Å²) in [5.41, 5.74) is 0. The van der Waals surface area contributed by atoms with Crippen molar-refractivity contribution >= 4 is 27.7 Å². The maximum absolute atomic E-state index is 3.60. The normalized spacial score (nSPS) is 31.9. The fourth-order valence-electron chi connectivity index (χ4n) is 0.878. The second-order valence-corrected chi connectivity index (χ2v) is 5.15. The zero-order valence-corrected chi connectivity index (χ0v) is 7.30. The molecule has 1 unspecified atom stereocenters. The SMILES string of the molecule is BrC1CCCCCS1. The Morgan fingerprint density at radius 2 is 2.12 bits per heavy atom. The van der Waals surface area contributed by atoms with Crippen molar-refractivity contribution < 1.29 is 0 Å². The molecule has 1 atom stereocenters. The van der Waals surface area contributed by atoms with Crippen LogP contribution in [0, 0.1) is 0 Å². The highest BCUT2D eigenvalue weighted by atomic mass is 79.9. The van der Waals surface area contributed by atoms with Gasteiger partial charge in [0, 0.05) is 0 Å². The molecular weight excluding hydrogens is 184 g/mol. The first-order valence-corrected chi connectivity index (χ1v) is 5.12. The van der Waals surface area contributed by atoms with Crippen molar-refractivity contribution in [3.8, 4) is 0 Å². The van der Waals surface area contributed by atoms with Crippen molar-refractivity contribution in [2.45, 2.75) is 29.8 Å². The Labute approximate surface area is 63.5 Å². The summed E-state index contributed by atoms with van der Waals surface area (Å²) in [6.45, 7) is 0. The Morgan fingerprint density at radius 1 is 1.25 bits per heavy atom. The van der Waals surface area contributed by atoms with Gasteiger partial charge in [-0.05, 0) is 18.6 Å². The summed E-state index contributed by atoms with van der Waals surface area (Å²) in [6.07, 6.45) is 5.65. The molecule has 0 aromatic heterocycles. The van der Waals surface area contributed by atoms with Crippen LogP contribution in [0.15, 0.2) is 0 Å². The first-order valence-electron chi connectivity index (χ1n) is 3.15. The predicted molar refractivity (Wildman–Crippen MR) is 43.6 cm³/mol. The van der Waals surface area contributed by atoms with E-state index in [0.29, 0.717) is 0 Å². The van der Waals surface area contributed by atoms with Crippen molar-refractivity contribution in [1.29, 1.82) is 0 Å². The van der Waals surface area contributed by atoms with Crippen molar-refractivity contribution in [3.63, 3.8) is 0 Å². The fraction of sp³-hybridized carbons (Fsp3) is 1.00. The zero-order valence-electron chi connectivity index (χ0n) is 4.90. The van der Waals surface area contributed by atoms with Crippen LogP contribution < -0.4 is 0 Å². The molecule has 1 heterocycles. The van der Waals surface area contributed by atoms with Crippen LogP contribution in [0.25, 0.3) is 0 Å². The molecule has 1 rings (SSSR count). The van der Waals surface area contributed by atoms with E-state index in [2.05, 4.69) is 27.7 Å². The van der Waals surface area contributed by atoms with Gasteiger partial charge in [0.2, 0.25) is 0 Å². The first-order chi connectivity index (χ1) is 3.89.